The van der Waals surface area contributed by atoms with Crippen molar-refractivity contribution in [2.24, 2.45) is 5.73 Å². The predicted molar refractivity (Wildman–Crippen MR) is 124 cm³/mol. The molecule has 0 aromatic heterocycles. The highest BCUT2D eigenvalue weighted by Gasteiger charge is 2.38. The molecule has 4 nitrogen and oxygen atoms in total. The van der Waals surface area contributed by atoms with Gasteiger partial charge in [-0.2, -0.15) is 0 Å². The van der Waals surface area contributed by atoms with Crippen LogP contribution in [0.3, 0.4) is 0 Å². The Labute approximate surface area is 188 Å². The maximum Gasteiger partial charge on any atom is 0.129 e. The number of nitrogens with two attached hydrogens (primary N) is 1. The minimum Gasteiger partial charge on any atom is -0.370 e. The standard InChI is InChI=1S/C22H27F2N3OS.C2H4/c1-3-18(4-2)29-27-11-14-9-26(10-15(14)12-27)17-8-21(25)22(28-13-17)19-7-16(23)5-6-20(19)24;1-2/h3-7,17,21-22H,1,8-13,25H2,2H3;1-2H2/b18-4+;/t17?,21?,22-;/m1./s1. The van der Waals surface area contributed by atoms with Crippen LogP contribution in [-0.4, -0.2) is 54.1 Å². The average molecular weight is 448 g/mol. The SMILES string of the molecule is C=C.C=C/C(=C\C)SN1CC2=C(C1)CN(C1CO[C@H](c3cc(F)ccc3F)C(N)C1)C2. The molecule has 1 aromatic rings. The van der Waals surface area contributed by atoms with Gasteiger partial charge in [0.1, 0.15) is 17.7 Å². The smallest absolute Gasteiger partial charge is 0.129 e. The topological polar surface area (TPSA) is 41.7 Å². The van der Waals surface area contributed by atoms with Gasteiger partial charge in [-0.25, -0.2) is 13.1 Å². The summed E-state index contributed by atoms with van der Waals surface area (Å²) in [5, 5.41) is 0. The zero-order valence-electron chi connectivity index (χ0n) is 18.0. The van der Waals surface area contributed by atoms with Crippen molar-refractivity contribution in [1.29, 1.82) is 0 Å². The Hall–Kier alpha value is -1.77. The Kier molecular flexibility index (Phi) is 8.24. The van der Waals surface area contributed by atoms with Crippen LogP contribution in [0.2, 0.25) is 0 Å². The van der Waals surface area contributed by atoms with Crippen molar-refractivity contribution in [3.05, 3.63) is 83.3 Å². The number of ether oxygens (including phenoxy) is 1. The van der Waals surface area contributed by atoms with Crippen LogP contribution in [-0.2, 0) is 4.74 Å². The number of rotatable bonds is 5. The molecule has 3 atom stereocenters. The van der Waals surface area contributed by atoms with E-state index in [0.29, 0.717) is 13.0 Å². The Morgan fingerprint density at radius 3 is 2.45 bits per heavy atom. The van der Waals surface area contributed by atoms with E-state index >= 15 is 0 Å². The lowest BCUT2D eigenvalue weighted by molar-refractivity contribution is -0.0467. The summed E-state index contributed by atoms with van der Waals surface area (Å²) in [5.74, 6) is -0.941. The van der Waals surface area contributed by atoms with Crippen molar-refractivity contribution < 1.29 is 13.5 Å². The fourth-order valence-corrected chi connectivity index (χ4v) is 5.33. The number of benzene rings is 1. The second-order valence-corrected chi connectivity index (χ2v) is 9.04. The van der Waals surface area contributed by atoms with Crippen molar-refractivity contribution in [3.8, 4) is 0 Å². The van der Waals surface area contributed by atoms with Gasteiger partial charge >= 0.3 is 0 Å². The molecule has 1 aromatic carbocycles. The third kappa shape index (κ3) is 5.35. The summed E-state index contributed by atoms with van der Waals surface area (Å²) >= 11 is 1.75. The first-order valence-corrected chi connectivity index (χ1v) is 11.2. The van der Waals surface area contributed by atoms with Gasteiger partial charge in [-0.15, -0.1) is 13.2 Å². The molecule has 0 radical (unpaired) electrons. The minimum absolute atomic E-state index is 0.198. The molecule has 0 saturated carbocycles. The molecule has 7 heteroatoms. The molecule has 2 N–H and O–H groups in total. The maximum atomic E-state index is 14.1. The van der Waals surface area contributed by atoms with Crippen LogP contribution in [0.4, 0.5) is 8.78 Å². The molecule has 168 valence electrons. The van der Waals surface area contributed by atoms with E-state index < -0.39 is 17.7 Å². The Morgan fingerprint density at radius 2 is 1.87 bits per heavy atom. The summed E-state index contributed by atoms with van der Waals surface area (Å²) in [6.45, 7) is 16.1. The van der Waals surface area contributed by atoms with Gasteiger partial charge in [-0.05, 0) is 54.6 Å². The van der Waals surface area contributed by atoms with Crippen molar-refractivity contribution >= 4 is 11.9 Å². The highest BCUT2D eigenvalue weighted by Crippen LogP contribution is 2.36. The second kappa shape index (κ2) is 10.7. The van der Waals surface area contributed by atoms with E-state index in [2.05, 4.69) is 35.0 Å². The van der Waals surface area contributed by atoms with E-state index in [-0.39, 0.29) is 17.6 Å². The first kappa shape index (κ1) is 23.9. The summed E-state index contributed by atoms with van der Waals surface area (Å²) in [6, 6.07) is 3.28. The average Bonchev–Trinajstić information content (AvgIpc) is 3.34. The van der Waals surface area contributed by atoms with Crippen molar-refractivity contribution in [2.45, 2.75) is 31.5 Å². The molecular weight excluding hydrogens is 416 g/mol. The summed E-state index contributed by atoms with van der Waals surface area (Å²) in [4.78, 5) is 3.58. The van der Waals surface area contributed by atoms with Crippen LogP contribution < -0.4 is 5.73 Å². The highest BCUT2D eigenvalue weighted by molar-refractivity contribution is 8.01. The Morgan fingerprint density at radius 1 is 1.19 bits per heavy atom. The molecule has 0 aliphatic carbocycles. The van der Waals surface area contributed by atoms with E-state index in [1.165, 1.54) is 22.1 Å². The highest BCUT2D eigenvalue weighted by atomic mass is 32.2. The summed E-state index contributed by atoms with van der Waals surface area (Å²) in [6.07, 6.45) is 4.07. The van der Waals surface area contributed by atoms with E-state index in [1.807, 2.05) is 13.0 Å². The summed E-state index contributed by atoms with van der Waals surface area (Å²) in [5.41, 5.74) is 9.50. The number of allylic oxidation sites excluding steroid dienone is 2. The molecule has 3 aliphatic heterocycles. The van der Waals surface area contributed by atoms with E-state index in [9.17, 15) is 8.78 Å². The van der Waals surface area contributed by atoms with Gasteiger partial charge < -0.3 is 10.5 Å². The van der Waals surface area contributed by atoms with Crippen LogP contribution in [0.5, 0.6) is 0 Å². The molecule has 0 spiro atoms. The molecule has 0 bridgehead atoms. The van der Waals surface area contributed by atoms with Gasteiger partial charge in [0, 0.05) is 48.7 Å². The molecule has 3 aliphatic rings. The van der Waals surface area contributed by atoms with Crippen molar-refractivity contribution in [2.75, 3.05) is 32.8 Å². The lowest BCUT2D eigenvalue weighted by Crippen LogP contribution is -2.49. The van der Waals surface area contributed by atoms with Gasteiger partial charge in [0.15, 0.2) is 0 Å². The van der Waals surface area contributed by atoms with E-state index in [1.54, 1.807) is 11.9 Å². The third-order valence-corrected chi connectivity index (χ3v) is 7.05. The fraction of sp³-hybridized carbons (Fsp3) is 0.417. The Bertz CT molecular complexity index is 854. The summed E-state index contributed by atoms with van der Waals surface area (Å²) < 4.78 is 36.0. The van der Waals surface area contributed by atoms with Gasteiger partial charge in [0.05, 0.1) is 6.61 Å². The Balaban J connectivity index is 0.00000132. The van der Waals surface area contributed by atoms with Crippen molar-refractivity contribution in [1.82, 2.24) is 9.21 Å². The second-order valence-electron chi connectivity index (χ2n) is 7.87. The molecule has 1 fully saturated rings. The van der Waals surface area contributed by atoms with Gasteiger partial charge in [-0.3, -0.25) is 4.90 Å². The largest absolute Gasteiger partial charge is 0.370 e. The fourth-order valence-electron chi connectivity index (χ4n) is 4.41. The third-order valence-electron chi connectivity index (χ3n) is 5.92. The quantitative estimate of drug-likeness (QED) is 0.406. The monoisotopic (exact) mass is 447 g/mol. The predicted octanol–water partition coefficient (Wildman–Crippen LogP) is 4.59. The molecule has 3 heterocycles. The van der Waals surface area contributed by atoms with E-state index in [0.717, 1.165) is 38.3 Å². The van der Waals surface area contributed by atoms with Crippen LogP contribution >= 0.6 is 11.9 Å². The van der Waals surface area contributed by atoms with Crippen LogP contribution in [0.15, 0.2) is 66.1 Å². The molecule has 1 saturated heterocycles. The van der Waals surface area contributed by atoms with Crippen molar-refractivity contribution in [3.63, 3.8) is 0 Å². The molecule has 4 rings (SSSR count). The number of hydrogen-bond acceptors (Lipinski definition) is 5. The zero-order valence-corrected chi connectivity index (χ0v) is 18.8. The van der Waals surface area contributed by atoms with Crippen LogP contribution in [0.25, 0.3) is 0 Å². The first-order valence-electron chi connectivity index (χ1n) is 10.5. The van der Waals surface area contributed by atoms with Crippen LogP contribution in [0, 0.1) is 11.6 Å². The first-order chi connectivity index (χ1) is 15.0. The zero-order chi connectivity index (χ0) is 22.5. The molecule has 2 unspecified atom stereocenters. The molecule has 0 amide bonds. The lowest BCUT2D eigenvalue weighted by atomic mass is 9.93. The minimum atomic E-state index is -0.602. The molecular formula is C24H31F2N3OS. The normalized spacial score (nSPS) is 27.1. The van der Waals surface area contributed by atoms with Gasteiger partial charge in [0.2, 0.25) is 0 Å². The summed E-state index contributed by atoms with van der Waals surface area (Å²) in [7, 11) is 0. The number of nitrogens with zero attached hydrogens (tertiary/aromatic N) is 2. The van der Waals surface area contributed by atoms with Crippen LogP contribution in [0.1, 0.15) is 25.0 Å². The maximum absolute atomic E-state index is 14.1. The number of hydrogen-bond donors (Lipinski definition) is 1. The van der Waals surface area contributed by atoms with Gasteiger partial charge in [0.25, 0.3) is 0 Å². The number of halogens is 2. The molecule has 31 heavy (non-hydrogen) atoms. The van der Waals surface area contributed by atoms with Gasteiger partial charge in [-0.1, -0.05) is 18.7 Å². The lowest BCUT2D eigenvalue weighted by Gasteiger charge is -2.39. The van der Waals surface area contributed by atoms with E-state index in [4.69, 9.17) is 10.5 Å².